The van der Waals surface area contributed by atoms with E-state index in [1.54, 1.807) is 54.6 Å². The summed E-state index contributed by atoms with van der Waals surface area (Å²) in [5.41, 5.74) is 2.12. The van der Waals surface area contributed by atoms with E-state index in [9.17, 15) is 20.0 Å². The highest BCUT2D eigenvalue weighted by atomic mass is 16.5. The van der Waals surface area contributed by atoms with Gasteiger partial charge in [-0.3, -0.25) is 9.59 Å². The summed E-state index contributed by atoms with van der Waals surface area (Å²) in [6.07, 6.45) is 0. The lowest BCUT2D eigenvalue weighted by Gasteiger charge is -2.26. The van der Waals surface area contributed by atoms with Gasteiger partial charge in [0.15, 0.2) is 0 Å². The van der Waals surface area contributed by atoms with Crippen LogP contribution in [0.25, 0.3) is 16.6 Å². The van der Waals surface area contributed by atoms with Crippen molar-refractivity contribution in [2.75, 3.05) is 18.1 Å². The number of rotatable bonds is 8. The van der Waals surface area contributed by atoms with Gasteiger partial charge >= 0.3 is 0 Å². The maximum Gasteiger partial charge on any atom is 0.253 e. The second-order valence-electron chi connectivity index (χ2n) is 10.7. The molecule has 3 N–H and O–H groups in total. The molecular weight excluding hydrogens is 520 g/mol. The first-order chi connectivity index (χ1) is 19.7. The highest BCUT2D eigenvalue weighted by Gasteiger charge is 2.34. The van der Waals surface area contributed by atoms with Crippen molar-refractivity contribution in [2.45, 2.75) is 45.0 Å². The third-order valence-electron chi connectivity index (χ3n) is 6.90. The number of ether oxygens (including phenoxy) is 1. The number of aliphatic hydroxyl groups is 1. The Labute approximate surface area is 238 Å². The summed E-state index contributed by atoms with van der Waals surface area (Å²) in [4.78, 5) is 28.6. The Morgan fingerprint density at radius 3 is 2.56 bits per heavy atom. The summed E-state index contributed by atoms with van der Waals surface area (Å²) < 4.78 is 7.71. The fourth-order valence-corrected chi connectivity index (χ4v) is 4.75. The SMILES string of the molecule is CC(NCC(C)(C)O)C(=O)NC1COc2ccccc2N(Cc2nn(-c3ccccc3C#N)c3ccccc23)C1=O. The maximum atomic E-state index is 14.0. The maximum absolute atomic E-state index is 14.0. The fourth-order valence-electron chi connectivity index (χ4n) is 4.75. The number of para-hydroxylation sites is 4. The zero-order chi connectivity index (χ0) is 29.1. The van der Waals surface area contributed by atoms with Crippen LogP contribution in [0.15, 0.2) is 72.8 Å². The fraction of sp³-hybridized carbons (Fsp3) is 0.290. The van der Waals surface area contributed by atoms with E-state index < -0.39 is 17.7 Å². The van der Waals surface area contributed by atoms with Crippen LogP contribution in [0.2, 0.25) is 0 Å². The zero-order valence-electron chi connectivity index (χ0n) is 23.2. The number of aromatic nitrogens is 2. The predicted molar refractivity (Wildman–Crippen MR) is 155 cm³/mol. The van der Waals surface area contributed by atoms with E-state index in [1.165, 1.54) is 0 Å². The second kappa shape index (κ2) is 11.4. The number of nitriles is 1. The van der Waals surface area contributed by atoms with Crippen LogP contribution in [0.5, 0.6) is 5.75 Å². The molecule has 2 unspecified atom stereocenters. The van der Waals surface area contributed by atoms with Gasteiger partial charge in [0, 0.05) is 11.9 Å². The molecule has 3 aromatic carbocycles. The largest absolute Gasteiger partial charge is 0.489 e. The van der Waals surface area contributed by atoms with Crippen molar-refractivity contribution in [1.82, 2.24) is 20.4 Å². The highest BCUT2D eigenvalue weighted by molar-refractivity contribution is 6.01. The molecule has 10 heteroatoms. The van der Waals surface area contributed by atoms with Gasteiger partial charge in [-0.2, -0.15) is 10.4 Å². The minimum Gasteiger partial charge on any atom is -0.489 e. The van der Waals surface area contributed by atoms with Gasteiger partial charge in [-0.15, -0.1) is 0 Å². The summed E-state index contributed by atoms with van der Waals surface area (Å²) >= 11 is 0. The Morgan fingerprint density at radius 1 is 1.12 bits per heavy atom. The predicted octanol–water partition coefficient (Wildman–Crippen LogP) is 3.06. The first kappa shape index (κ1) is 27.8. The van der Waals surface area contributed by atoms with Crippen LogP contribution in [0, 0.1) is 11.3 Å². The summed E-state index contributed by atoms with van der Waals surface area (Å²) in [5, 5.41) is 31.2. The van der Waals surface area contributed by atoms with Crippen LogP contribution < -0.4 is 20.3 Å². The van der Waals surface area contributed by atoms with Gasteiger partial charge in [0.1, 0.15) is 24.5 Å². The van der Waals surface area contributed by atoms with E-state index in [0.717, 1.165) is 10.9 Å². The van der Waals surface area contributed by atoms with Crippen LogP contribution in [-0.4, -0.2) is 57.5 Å². The van der Waals surface area contributed by atoms with Crippen molar-refractivity contribution in [2.24, 2.45) is 0 Å². The third-order valence-corrected chi connectivity index (χ3v) is 6.90. The quantitative estimate of drug-likeness (QED) is 0.306. The number of nitrogens with one attached hydrogen (secondary N) is 2. The van der Waals surface area contributed by atoms with E-state index >= 15 is 0 Å². The Balaban J connectivity index is 1.48. The number of benzene rings is 3. The molecule has 2 heterocycles. The average Bonchev–Trinajstić information content (AvgIpc) is 3.28. The van der Waals surface area contributed by atoms with E-state index in [0.29, 0.717) is 28.4 Å². The number of fused-ring (bicyclic) bond motifs is 2. The molecule has 0 saturated carbocycles. The van der Waals surface area contributed by atoms with Crippen molar-refractivity contribution in [1.29, 1.82) is 5.26 Å². The number of hydrogen-bond donors (Lipinski definition) is 3. The zero-order valence-corrected chi connectivity index (χ0v) is 23.2. The van der Waals surface area contributed by atoms with Crippen molar-refractivity contribution in [3.63, 3.8) is 0 Å². The molecule has 1 aliphatic heterocycles. The smallest absolute Gasteiger partial charge is 0.253 e. The molecule has 1 aromatic heterocycles. The van der Waals surface area contributed by atoms with E-state index in [1.807, 2.05) is 48.5 Å². The van der Waals surface area contributed by atoms with Gasteiger partial charge in [-0.1, -0.05) is 42.5 Å². The van der Waals surface area contributed by atoms with Crippen LogP contribution in [0.4, 0.5) is 5.69 Å². The lowest BCUT2D eigenvalue weighted by atomic mass is 10.1. The third kappa shape index (κ3) is 5.91. The molecular formula is C31H32N6O4. The molecule has 5 rings (SSSR count). The molecule has 4 aromatic rings. The average molecular weight is 553 g/mol. The number of carbonyl (C=O) groups is 2. The Bertz CT molecular complexity index is 1630. The lowest BCUT2D eigenvalue weighted by molar-refractivity contribution is -0.129. The molecule has 0 spiro atoms. The first-order valence-corrected chi connectivity index (χ1v) is 13.4. The molecule has 0 radical (unpaired) electrons. The molecule has 0 bridgehead atoms. The Kier molecular flexibility index (Phi) is 7.75. The summed E-state index contributed by atoms with van der Waals surface area (Å²) in [6.45, 7) is 5.24. The van der Waals surface area contributed by atoms with Crippen molar-refractivity contribution in [3.8, 4) is 17.5 Å². The van der Waals surface area contributed by atoms with E-state index in [2.05, 4.69) is 16.7 Å². The molecule has 0 fully saturated rings. The molecule has 2 atom stereocenters. The highest BCUT2D eigenvalue weighted by Crippen LogP contribution is 2.34. The van der Waals surface area contributed by atoms with Gasteiger partial charge in [0.05, 0.1) is 46.3 Å². The van der Waals surface area contributed by atoms with Crippen LogP contribution in [0.1, 0.15) is 32.0 Å². The Hall–Kier alpha value is -4.72. The molecule has 2 amide bonds. The minimum atomic E-state index is -0.992. The van der Waals surface area contributed by atoms with E-state index in [-0.39, 0.29) is 31.5 Å². The van der Waals surface area contributed by atoms with Gasteiger partial charge in [-0.05, 0) is 51.1 Å². The number of nitrogens with zero attached hydrogens (tertiary/aromatic N) is 4. The Morgan fingerprint density at radius 2 is 1.80 bits per heavy atom. The number of anilines is 1. The van der Waals surface area contributed by atoms with Crippen molar-refractivity contribution in [3.05, 3.63) is 84.1 Å². The van der Waals surface area contributed by atoms with Crippen molar-refractivity contribution >= 4 is 28.4 Å². The molecule has 0 aliphatic carbocycles. The van der Waals surface area contributed by atoms with Gasteiger partial charge < -0.3 is 25.4 Å². The minimum absolute atomic E-state index is 0.0406. The summed E-state index contributed by atoms with van der Waals surface area (Å²) in [5.74, 6) is -0.205. The molecule has 210 valence electrons. The molecule has 41 heavy (non-hydrogen) atoms. The number of carbonyl (C=O) groups excluding carboxylic acids is 2. The molecule has 1 aliphatic rings. The molecule has 0 saturated heterocycles. The number of hydrogen-bond acceptors (Lipinski definition) is 7. The topological polar surface area (TPSA) is 133 Å². The van der Waals surface area contributed by atoms with Crippen LogP contribution >= 0.6 is 0 Å². The van der Waals surface area contributed by atoms with Gasteiger partial charge in [-0.25, -0.2) is 4.68 Å². The van der Waals surface area contributed by atoms with Gasteiger partial charge in [0.2, 0.25) is 5.91 Å². The standard InChI is InChI=1S/C31H32N6O4/c1-20(33-19-31(2,3)40)29(38)34-24-18-41-28-15-9-8-14-27(28)36(30(24)39)17-23-22-11-5-7-13-26(22)37(35-23)25-12-6-4-10-21(25)16-32/h4-15,20,24,33,40H,17-19H2,1-3H3,(H,34,38). The van der Waals surface area contributed by atoms with E-state index in [4.69, 9.17) is 9.84 Å². The monoisotopic (exact) mass is 552 g/mol. The van der Waals surface area contributed by atoms with Crippen LogP contribution in [0.3, 0.4) is 0 Å². The van der Waals surface area contributed by atoms with Crippen molar-refractivity contribution < 1.29 is 19.4 Å². The second-order valence-corrected chi connectivity index (χ2v) is 10.7. The van der Waals surface area contributed by atoms with Crippen LogP contribution in [-0.2, 0) is 16.1 Å². The lowest BCUT2D eigenvalue weighted by Crippen LogP contribution is -2.55. The first-order valence-electron chi connectivity index (χ1n) is 13.4. The summed E-state index contributed by atoms with van der Waals surface area (Å²) in [7, 11) is 0. The van der Waals surface area contributed by atoms with Gasteiger partial charge in [0.25, 0.3) is 5.91 Å². The number of amides is 2. The normalized spacial score (nSPS) is 15.9. The summed E-state index contributed by atoms with van der Waals surface area (Å²) in [6, 6.07) is 22.8. The molecule has 10 nitrogen and oxygen atoms in total.